The number of ether oxygens (including phenoxy) is 1. The van der Waals surface area contributed by atoms with Gasteiger partial charge in [0.15, 0.2) is 0 Å². The second-order valence-corrected chi connectivity index (χ2v) is 4.06. The molecule has 3 atom stereocenters. The largest absolute Gasteiger partial charge is 0.394 e. The third kappa shape index (κ3) is 3.07. The van der Waals surface area contributed by atoms with Crippen LogP contribution in [0.25, 0.3) is 0 Å². The summed E-state index contributed by atoms with van der Waals surface area (Å²) in [5.74, 6) is 0. The van der Waals surface area contributed by atoms with Crippen molar-refractivity contribution in [1.82, 2.24) is 10.2 Å². The predicted octanol–water partition coefficient (Wildman–Crippen LogP) is 0.186. The number of likely N-dealkylation sites (N-methyl/N-ethyl adjacent to an activating group) is 1. The van der Waals surface area contributed by atoms with Gasteiger partial charge in [-0.3, -0.25) is 0 Å². The quantitative estimate of drug-likeness (QED) is 0.707. The van der Waals surface area contributed by atoms with Gasteiger partial charge < -0.3 is 20.1 Å². The molecular formula is C10H20N2O3. The number of urea groups is 1. The van der Waals surface area contributed by atoms with E-state index in [-0.39, 0.29) is 30.8 Å². The Morgan fingerprint density at radius 3 is 2.87 bits per heavy atom. The molecule has 5 nitrogen and oxygen atoms in total. The van der Waals surface area contributed by atoms with E-state index >= 15 is 0 Å². The van der Waals surface area contributed by atoms with Crippen molar-refractivity contribution in [3.8, 4) is 0 Å². The summed E-state index contributed by atoms with van der Waals surface area (Å²) < 4.78 is 5.35. The van der Waals surface area contributed by atoms with Gasteiger partial charge in [0.2, 0.25) is 0 Å². The van der Waals surface area contributed by atoms with Crippen LogP contribution in [0, 0.1) is 0 Å². The lowest BCUT2D eigenvalue weighted by atomic mass is 10.1. The monoisotopic (exact) mass is 216 g/mol. The first-order valence-electron chi connectivity index (χ1n) is 5.32. The zero-order valence-corrected chi connectivity index (χ0v) is 9.56. The summed E-state index contributed by atoms with van der Waals surface area (Å²) in [4.78, 5) is 13.2. The first-order chi connectivity index (χ1) is 7.06. The number of aliphatic hydroxyl groups is 1. The smallest absolute Gasteiger partial charge is 0.317 e. The number of hydrogen-bond donors (Lipinski definition) is 2. The van der Waals surface area contributed by atoms with Crippen LogP contribution in [0.5, 0.6) is 0 Å². The van der Waals surface area contributed by atoms with E-state index in [2.05, 4.69) is 5.32 Å². The van der Waals surface area contributed by atoms with Gasteiger partial charge in [-0.15, -0.1) is 0 Å². The van der Waals surface area contributed by atoms with Gasteiger partial charge in [-0.1, -0.05) is 0 Å². The van der Waals surface area contributed by atoms with Crippen molar-refractivity contribution in [1.29, 1.82) is 0 Å². The van der Waals surface area contributed by atoms with Gasteiger partial charge in [0.1, 0.15) is 0 Å². The number of aliphatic hydroxyl groups excluding tert-OH is 1. The Morgan fingerprint density at radius 1 is 1.73 bits per heavy atom. The van der Waals surface area contributed by atoms with Gasteiger partial charge in [-0.2, -0.15) is 0 Å². The number of carbonyl (C=O) groups excluding carboxylic acids is 1. The van der Waals surface area contributed by atoms with E-state index in [0.29, 0.717) is 6.61 Å². The average Bonchev–Trinajstić information content (AvgIpc) is 2.62. The SMILES string of the molecule is CC1OCCC1NC(=O)N(C)C(C)CO. The first kappa shape index (κ1) is 12.3. The van der Waals surface area contributed by atoms with Crippen LogP contribution in [0.3, 0.4) is 0 Å². The van der Waals surface area contributed by atoms with E-state index in [1.807, 2.05) is 6.92 Å². The molecule has 15 heavy (non-hydrogen) atoms. The van der Waals surface area contributed by atoms with Gasteiger partial charge in [-0.05, 0) is 20.3 Å². The third-order valence-corrected chi connectivity index (χ3v) is 2.93. The fourth-order valence-corrected chi connectivity index (χ4v) is 1.50. The zero-order valence-electron chi connectivity index (χ0n) is 9.56. The Morgan fingerprint density at radius 2 is 2.40 bits per heavy atom. The van der Waals surface area contributed by atoms with Crippen molar-refractivity contribution in [2.75, 3.05) is 20.3 Å². The summed E-state index contributed by atoms with van der Waals surface area (Å²) in [7, 11) is 1.68. The van der Waals surface area contributed by atoms with Gasteiger partial charge >= 0.3 is 6.03 Å². The molecule has 88 valence electrons. The van der Waals surface area contributed by atoms with Gasteiger partial charge in [0.05, 0.1) is 24.8 Å². The second kappa shape index (κ2) is 5.32. The molecule has 0 radical (unpaired) electrons. The molecule has 2 N–H and O–H groups in total. The highest BCUT2D eigenvalue weighted by atomic mass is 16.5. The summed E-state index contributed by atoms with van der Waals surface area (Å²) in [6, 6.07) is -0.229. The molecule has 0 aliphatic carbocycles. The minimum atomic E-state index is -0.164. The van der Waals surface area contributed by atoms with Crippen LogP contribution in [0.2, 0.25) is 0 Å². The molecule has 3 unspecified atom stereocenters. The summed E-state index contributed by atoms with van der Waals surface area (Å²) in [6.07, 6.45) is 0.931. The van der Waals surface area contributed by atoms with Crippen molar-refractivity contribution in [2.45, 2.75) is 38.5 Å². The third-order valence-electron chi connectivity index (χ3n) is 2.93. The van der Waals surface area contributed by atoms with Crippen LogP contribution in [-0.4, -0.2) is 54.5 Å². The van der Waals surface area contributed by atoms with Crippen LogP contribution < -0.4 is 5.32 Å². The molecule has 1 aliphatic rings. The lowest BCUT2D eigenvalue weighted by molar-refractivity contribution is 0.110. The number of carbonyl (C=O) groups is 1. The molecule has 0 bridgehead atoms. The van der Waals surface area contributed by atoms with E-state index < -0.39 is 0 Å². The molecule has 1 saturated heterocycles. The predicted molar refractivity (Wildman–Crippen MR) is 56.7 cm³/mol. The average molecular weight is 216 g/mol. The summed E-state index contributed by atoms with van der Waals surface area (Å²) in [5.41, 5.74) is 0. The fraction of sp³-hybridized carbons (Fsp3) is 0.900. The van der Waals surface area contributed by atoms with E-state index in [9.17, 15) is 4.79 Å². The molecule has 1 fully saturated rings. The van der Waals surface area contributed by atoms with Crippen LogP contribution in [0.4, 0.5) is 4.79 Å². The Labute approximate surface area is 90.4 Å². The minimum Gasteiger partial charge on any atom is -0.394 e. The van der Waals surface area contributed by atoms with E-state index in [0.717, 1.165) is 6.42 Å². The van der Waals surface area contributed by atoms with Gasteiger partial charge in [-0.25, -0.2) is 4.79 Å². The van der Waals surface area contributed by atoms with E-state index in [4.69, 9.17) is 9.84 Å². The van der Waals surface area contributed by atoms with Crippen molar-refractivity contribution < 1.29 is 14.6 Å². The maximum Gasteiger partial charge on any atom is 0.317 e. The molecule has 1 aliphatic heterocycles. The molecule has 0 saturated carbocycles. The van der Waals surface area contributed by atoms with Crippen LogP contribution in [0.15, 0.2) is 0 Å². The maximum absolute atomic E-state index is 11.7. The fourth-order valence-electron chi connectivity index (χ4n) is 1.50. The van der Waals surface area contributed by atoms with Crippen LogP contribution in [0.1, 0.15) is 20.3 Å². The number of rotatable bonds is 3. The highest BCUT2D eigenvalue weighted by Crippen LogP contribution is 2.12. The Bertz CT molecular complexity index is 223. The van der Waals surface area contributed by atoms with Crippen LogP contribution in [-0.2, 0) is 4.74 Å². The normalized spacial score (nSPS) is 27.5. The zero-order chi connectivity index (χ0) is 11.4. The Hall–Kier alpha value is -0.810. The molecule has 1 rings (SSSR count). The van der Waals surface area contributed by atoms with E-state index in [1.165, 1.54) is 4.90 Å². The maximum atomic E-state index is 11.7. The molecular weight excluding hydrogens is 196 g/mol. The van der Waals surface area contributed by atoms with Crippen LogP contribution >= 0.6 is 0 Å². The van der Waals surface area contributed by atoms with Gasteiger partial charge in [0, 0.05) is 13.7 Å². The highest BCUT2D eigenvalue weighted by molar-refractivity contribution is 5.74. The lowest BCUT2D eigenvalue weighted by Crippen LogP contribution is -2.49. The van der Waals surface area contributed by atoms with Crippen molar-refractivity contribution in [2.24, 2.45) is 0 Å². The second-order valence-electron chi connectivity index (χ2n) is 4.06. The lowest BCUT2D eigenvalue weighted by Gasteiger charge is -2.26. The molecule has 0 spiro atoms. The highest BCUT2D eigenvalue weighted by Gasteiger charge is 2.27. The summed E-state index contributed by atoms with van der Waals surface area (Å²) >= 11 is 0. The first-order valence-corrected chi connectivity index (χ1v) is 5.32. The van der Waals surface area contributed by atoms with E-state index in [1.54, 1.807) is 14.0 Å². The standard InChI is InChI=1S/C10H20N2O3/c1-7(6-13)12(3)10(14)11-9-4-5-15-8(9)2/h7-9,13H,4-6H2,1-3H3,(H,11,14). The summed E-state index contributed by atoms with van der Waals surface area (Å²) in [5, 5.41) is 11.8. The molecule has 0 aromatic heterocycles. The number of nitrogens with one attached hydrogen (secondary N) is 1. The topological polar surface area (TPSA) is 61.8 Å². The molecule has 0 aromatic carbocycles. The Balaban J connectivity index is 2.40. The van der Waals surface area contributed by atoms with Crippen molar-refractivity contribution in [3.05, 3.63) is 0 Å². The minimum absolute atomic E-state index is 0.0271. The number of nitrogens with zero attached hydrogens (tertiary/aromatic N) is 1. The molecule has 2 amide bonds. The molecule has 1 heterocycles. The number of hydrogen-bond acceptors (Lipinski definition) is 3. The van der Waals surface area contributed by atoms with Crippen molar-refractivity contribution >= 4 is 6.03 Å². The summed E-state index contributed by atoms with van der Waals surface area (Å²) in [6.45, 7) is 4.42. The van der Waals surface area contributed by atoms with Gasteiger partial charge in [0.25, 0.3) is 0 Å². The molecule has 5 heteroatoms. The van der Waals surface area contributed by atoms with Crippen molar-refractivity contribution in [3.63, 3.8) is 0 Å². The Kier molecular flexibility index (Phi) is 4.35. The molecule has 0 aromatic rings. The number of amides is 2.